The molecular weight excluding hydrogens is 336 g/mol. The van der Waals surface area contributed by atoms with Crippen molar-refractivity contribution in [3.63, 3.8) is 0 Å². The van der Waals surface area contributed by atoms with E-state index in [1.807, 2.05) is 53.9 Å². The van der Waals surface area contributed by atoms with Gasteiger partial charge in [0.15, 0.2) is 11.5 Å². The predicted octanol–water partition coefficient (Wildman–Crippen LogP) is 4.00. The van der Waals surface area contributed by atoms with Gasteiger partial charge < -0.3 is 20.1 Å². The molecule has 0 unspecified atom stereocenters. The monoisotopic (exact) mass is 350 g/mol. The Morgan fingerprint density at radius 1 is 1.00 bits per heavy atom. The van der Waals surface area contributed by atoms with Crippen molar-refractivity contribution in [3.8, 4) is 22.6 Å². The molecule has 124 valence electrons. The molecule has 1 atom stereocenters. The number of rotatable bonds is 2. The molecule has 1 aromatic heterocycles. The summed E-state index contributed by atoms with van der Waals surface area (Å²) < 4.78 is 10.8. The van der Waals surface area contributed by atoms with Crippen LogP contribution in [0.15, 0.2) is 53.9 Å². The number of hydrogen-bond donors (Lipinski definition) is 2. The van der Waals surface area contributed by atoms with Gasteiger partial charge in [-0.1, -0.05) is 36.4 Å². The van der Waals surface area contributed by atoms with E-state index in [9.17, 15) is 4.79 Å². The highest BCUT2D eigenvalue weighted by atomic mass is 32.1. The summed E-state index contributed by atoms with van der Waals surface area (Å²) in [4.78, 5) is 12.8. The molecule has 25 heavy (non-hydrogen) atoms. The van der Waals surface area contributed by atoms with Gasteiger partial charge in [-0.3, -0.25) is 4.79 Å². The topological polar surface area (TPSA) is 59.6 Å². The molecule has 0 fully saturated rings. The van der Waals surface area contributed by atoms with Gasteiger partial charge in [0.25, 0.3) is 5.91 Å². The number of thiophene rings is 1. The first-order chi connectivity index (χ1) is 12.3. The normalized spacial score (nSPS) is 17.6. The van der Waals surface area contributed by atoms with Gasteiger partial charge in [0.2, 0.25) is 6.79 Å². The molecule has 0 spiro atoms. The summed E-state index contributed by atoms with van der Waals surface area (Å²) in [7, 11) is 0. The number of amides is 1. The molecule has 0 saturated carbocycles. The summed E-state index contributed by atoms with van der Waals surface area (Å²) in [6.07, 6.45) is -0.295. The molecule has 1 amide bonds. The van der Waals surface area contributed by atoms with E-state index in [4.69, 9.17) is 9.47 Å². The van der Waals surface area contributed by atoms with Crippen molar-refractivity contribution in [1.82, 2.24) is 5.32 Å². The van der Waals surface area contributed by atoms with Crippen LogP contribution in [0.5, 0.6) is 11.5 Å². The van der Waals surface area contributed by atoms with Crippen molar-refractivity contribution in [2.45, 2.75) is 6.17 Å². The second-order valence-electron chi connectivity index (χ2n) is 5.88. The number of hydrogen-bond acceptors (Lipinski definition) is 5. The smallest absolute Gasteiger partial charge is 0.256 e. The van der Waals surface area contributed by atoms with Crippen molar-refractivity contribution in [2.24, 2.45) is 0 Å². The Labute approximate surface area is 148 Å². The Kier molecular flexibility index (Phi) is 3.18. The van der Waals surface area contributed by atoms with Gasteiger partial charge in [0.05, 0.1) is 5.56 Å². The number of nitrogens with one attached hydrogen (secondary N) is 2. The number of carbonyl (C=O) groups is 1. The Hall–Kier alpha value is -2.99. The van der Waals surface area contributed by atoms with Gasteiger partial charge in [-0.2, -0.15) is 0 Å². The second kappa shape index (κ2) is 5.53. The van der Waals surface area contributed by atoms with Gasteiger partial charge in [0, 0.05) is 10.9 Å². The summed E-state index contributed by atoms with van der Waals surface area (Å²) in [6, 6.07) is 15.6. The molecule has 0 bridgehead atoms. The first-order valence-electron chi connectivity index (χ1n) is 7.93. The first kappa shape index (κ1) is 14.4. The maximum atomic E-state index is 12.8. The highest BCUT2D eigenvalue weighted by molar-refractivity contribution is 7.15. The summed E-state index contributed by atoms with van der Waals surface area (Å²) in [5.74, 6) is 1.36. The van der Waals surface area contributed by atoms with E-state index in [0.29, 0.717) is 11.3 Å². The van der Waals surface area contributed by atoms with E-state index in [0.717, 1.165) is 27.4 Å². The molecule has 2 aliphatic heterocycles. The maximum absolute atomic E-state index is 12.8. The fourth-order valence-corrected chi connectivity index (χ4v) is 4.15. The average molecular weight is 350 g/mol. The predicted molar refractivity (Wildman–Crippen MR) is 96.1 cm³/mol. The third-order valence-electron chi connectivity index (χ3n) is 4.38. The van der Waals surface area contributed by atoms with Crippen LogP contribution in [-0.4, -0.2) is 12.7 Å². The van der Waals surface area contributed by atoms with E-state index < -0.39 is 0 Å². The van der Waals surface area contributed by atoms with Crippen molar-refractivity contribution < 1.29 is 14.3 Å². The quantitative estimate of drug-likeness (QED) is 0.733. The van der Waals surface area contributed by atoms with Crippen molar-refractivity contribution in [2.75, 3.05) is 12.1 Å². The second-order valence-corrected chi connectivity index (χ2v) is 6.76. The number of benzene rings is 2. The minimum absolute atomic E-state index is 0.0727. The Balaban J connectivity index is 1.50. The lowest BCUT2D eigenvalue weighted by Gasteiger charge is -2.26. The standard InChI is InChI=1S/C19H14N2O3S/c22-18-16-13(11-4-2-1-3-5-11)9-25-19(16)21-17(20-18)12-6-7-14-15(8-12)24-10-23-14/h1-9,17,21H,10H2,(H,20,22)/t17-/m1/s1. The van der Waals surface area contributed by atoms with Crippen LogP contribution < -0.4 is 20.1 Å². The van der Waals surface area contributed by atoms with Crippen molar-refractivity contribution in [3.05, 3.63) is 65.0 Å². The lowest BCUT2D eigenvalue weighted by atomic mass is 10.0. The van der Waals surface area contributed by atoms with Crippen LogP contribution >= 0.6 is 11.3 Å². The Morgan fingerprint density at radius 2 is 1.84 bits per heavy atom. The molecule has 5 rings (SSSR count). The molecule has 0 aliphatic carbocycles. The van der Waals surface area contributed by atoms with E-state index in [1.54, 1.807) is 11.3 Å². The van der Waals surface area contributed by atoms with Gasteiger partial charge >= 0.3 is 0 Å². The van der Waals surface area contributed by atoms with E-state index in [1.165, 1.54) is 0 Å². The van der Waals surface area contributed by atoms with Crippen LogP contribution in [-0.2, 0) is 0 Å². The fourth-order valence-electron chi connectivity index (χ4n) is 3.15. The molecule has 5 nitrogen and oxygen atoms in total. The van der Waals surface area contributed by atoms with Crippen LogP contribution in [0.25, 0.3) is 11.1 Å². The third kappa shape index (κ3) is 2.34. The highest BCUT2D eigenvalue weighted by Crippen LogP contribution is 2.41. The zero-order valence-corrected chi connectivity index (χ0v) is 13.9. The maximum Gasteiger partial charge on any atom is 0.256 e. The van der Waals surface area contributed by atoms with Crippen LogP contribution in [0.2, 0.25) is 0 Å². The third-order valence-corrected chi connectivity index (χ3v) is 5.29. The Bertz CT molecular complexity index is 968. The van der Waals surface area contributed by atoms with Crippen LogP contribution in [0.4, 0.5) is 5.00 Å². The lowest BCUT2D eigenvalue weighted by Crippen LogP contribution is -2.37. The van der Waals surface area contributed by atoms with Crippen LogP contribution in [0, 0.1) is 0 Å². The van der Waals surface area contributed by atoms with E-state index in [-0.39, 0.29) is 18.9 Å². The molecule has 2 aromatic carbocycles. The number of fused-ring (bicyclic) bond motifs is 2. The molecular formula is C19H14N2O3S. The molecule has 6 heteroatoms. The van der Waals surface area contributed by atoms with Crippen LogP contribution in [0.3, 0.4) is 0 Å². The lowest BCUT2D eigenvalue weighted by molar-refractivity contribution is 0.0937. The molecule has 3 aromatic rings. The van der Waals surface area contributed by atoms with Crippen molar-refractivity contribution >= 4 is 22.2 Å². The van der Waals surface area contributed by atoms with E-state index in [2.05, 4.69) is 10.6 Å². The summed E-state index contributed by atoms with van der Waals surface area (Å²) in [5.41, 5.74) is 3.62. The molecule has 0 radical (unpaired) electrons. The number of ether oxygens (including phenoxy) is 2. The molecule has 0 saturated heterocycles. The SMILES string of the molecule is O=C1N[C@@H](c2ccc3c(c2)OCO3)Nc2scc(-c3ccccc3)c21. The van der Waals surface area contributed by atoms with E-state index >= 15 is 0 Å². The largest absolute Gasteiger partial charge is 0.454 e. The highest BCUT2D eigenvalue weighted by Gasteiger charge is 2.30. The summed E-state index contributed by atoms with van der Waals surface area (Å²) in [5, 5.41) is 9.35. The summed E-state index contributed by atoms with van der Waals surface area (Å²) in [6.45, 7) is 0.235. The zero-order chi connectivity index (χ0) is 16.8. The zero-order valence-electron chi connectivity index (χ0n) is 13.1. The van der Waals surface area contributed by atoms with Gasteiger partial charge in [0.1, 0.15) is 11.2 Å². The van der Waals surface area contributed by atoms with Gasteiger partial charge in [-0.05, 0) is 23.3 Å². The summed E-state index contributed by atoms with van der Waals surface area (Å²) >= 11 is 1.55. The fraction of sp³-hybridized carbons (Fsp3) is 0.105. The molecule has 2 N–H and O–H groups in total. The van der Waals surface area contributed by atoms with Gasteiger partial charge in [-0.15, -0.1) is 11.3 Å². The Morgan fingerprint density at radius 3 is 2.72 bits per heavy atom. The minimum Gasteiger partial charge on any atom is -0.454 e. The van der Waals surface area contributed by atoms with Crippen molar-refractivity contribution in [1.29, 1.82) is 0 Å². The minimum atomic E-state index is -0.295. The molecule has 3 heterocycles. The number of carbonyl (C=O) groups excluding carboxylic acids is 1. The van der Waals surface area contributed by atoms with Gasteiger partial charge in [-0.25, -0.2) is 0 Å². The first-order valence-corrected chi connectivity index (χ1v) is 8.81. The molecule has 2 aliphatic rings. The number of anilines is 1. The average Bonchev–Trinajstić information content (AvgIpc) is 3.28. The van der Waals surface area contributed by atoms with Crippen LogP contribution in [0.1, 0.15) is 22.1 Å².